The lowest BCUT2D eigenvalue weighted by Crippen LogP contribution is -2.54. The Morgan fingerprint density at radius 1 is 1.34 bits per heavy atom. The van der Waals surface area contributed by atoms with Crippen molar-refractivity contribution in [3.05, 3.63) is 23.8 Å². The third-order valence-electron chi connectivity index (χ3n) is 9.02. The maximum absolute atomic E-state index is 11.8. The Hall–Kier alpha value is -1.62. The van der Waals surface area contributed by atoms with Gasteiger partial charge in [-0.1, -0.05) is 37.6 Å². The van der Waals surface area contributed by atoms with Crippen LogP contribution in [0.5, 0.6) is 0 Å². The second-order valence-electron chi connectivity index (χ2n) is 10.9. The minimum Gasteiger partial charge on any atom is -0.465 e. The van der Waals surface area contributed by atoms with E-state index in [1.54, 1.807) is 0 Å². The topological polar surface area (TPSA) is 72.8 Å². The minimum atomic E-state index is -0.226. The minimum absolute atomic E-state index is 0.0174. The molecule has 0 radical (unpaired) electrons. The van der Waals surface area contributed by atoms with Gasteiger partial charge in [0.2, 0.25) is 0 Å². The molecule has 1 heterocycles. The first kappa shape index (κ1) is 25.0. The first-order valence-electron chi connectivity index (χ1n) is 12.4. The molecule has 1 N–H and O–H groups in total. The van der Waals surface area contributed by atoms with Gasteiger partial charge < -0.3 is 14.6 Å². The fraction of sp³-hybridized carbons (Fsp3) is 0.778. The van der Waals surface area contributed by atoms with Crippen LogP contribution in [-0.4, -0.2) is 36.4 Å². The highest BCUT2D eigenvalue weighted by molar-refractivity contribution is 5.72. The number of aliphatic hydroxyl groups is 1. The summed E-state index contributed by atoms with van der Waals surface area (Å²) in [5, 5.41) is 9.51. The molecule has 1 unspecified atom stereocenters. The van der Waals surface area contributed by atoms with Crippen LogP contribution in [0.25, 0.3) is 0 Å². The van der Waals surface area contributed by atoms with Gasteiger partial charge in [-0.2, -0.15) is 0 Å². The van der Waals surface area contributed by atoms with E-state index in [9.17, 15) is 14.7 Å². The first-order valence-corrected chi connectivity index (χ1v) is 12.4. The van der Waals surface area contributed by atoms with E-state index in [2.05, 4.69) is 33.4 Å². The molecular formula is C27H42O5. The van der Waals surface area contributed by atoms with Crippen LogP contribution in [0.4, 0.5) is 0 Å². The van der Waals surface area contributed by atoms with Crippen LogP contribution < -0.4 is 0 Å². The molecule has 1 aliphatic heterocycles. The number of cyclic esters (lactones) is 1. The number of fused-ring (bicyclic) bond motifs is 1. The number of ether oxygens (including phenoxy) is 2. The van der Waals surface area contributed by atoms with Gasteiger partial charge in [0.1, 0.15) is 6.10 Å². The Kier molecular flexibility index (Phi) is 7.90. The molecule has 3 fully saturated rings. The van der Waals surface area contributed by atoms with Gasteiger partial charge in [0, 0.05) is 31.3 Å². The molecule has 0 amide bonds. The zero-order chi connectivity index (χ0) is 23.5. The largest absolute Gasteiger partial charge is 0.465 e. The fourth-order valence-corrected chi connectivity index (χ4v) is 6.69. The van der Waals surface area contributed by atoms with Crippen molar-refractivity contribution in [1.29, 1.82) is 0 Å². The molecule has 2 saturated carbocycles. The van der Waals surface area contributed by atoms with Gasteiger partial charge in [-0.3, -0.25) is 9.59 Å². The number of carbonyl (C=O) groups is 2. The SMILES string of the molecule is C=C1CCC[C@H]2[C@@](CC/C(C)=C/C[C@H]3OC(=O)CC3CO)(COC(C)=O)[C@@H](C)CC[C@]12C. The normalized spacial score (nSPS) is 37.7. The summed E-state index contributed by atoms with van der Waals surface area (Å²) in [7, 11) is 0. The molecule has 3 rings (SSSR count). The molecule has 5 heteroatoms. The number of carbonyl (C=O) groups excluding carboxylic acids is 2. The van der Waals surface area contributed by atoms with E-state index < -0.39 is 0 Å². The van der Waals surface area contributed by atoms with Gasteiger partial charge in [-0.05, 0) is 69.1 Å². The molecule has 5 nitrogen and oxygen atoms in total. The van der Waals surface area contributed by atoms with E-state index in [4.69, 9.17) is 9.47 Å². The van der Waals surface area contributed by atoms with Crippen molar-refractivity contribution in [2.75, 3.05) is 13.2 Å². The predicted octanol–water partition coefficient (Wildman–Crippen LogP) is 5.37. The summed E-state index contributed by atoms with van der Waals surface area (Å²) in [4.78, 5) is 23.4. The van der Waals surface area contributed by atoms with E-state index in [1.807, 2.05) is 0 Å². The number of esters is 2. The van der Waals surface area contributed by atoms with Gasteiger partial charge >= 0.3 is 11.9 Å². The molecule has 3 aliphatic rings. The number of hydrogen-bond acceptors (Lipinski definition) is 5. The average molecular weight is 447 g/mol. The molecule has 0 aromatic rings. The van der Waals surface area contributed by atoms with Crippen molar-refractivity contribution in [3.8, 4) is 0 Å². The average Bonchev–Trinajstić information content (AvgIpc) is 3.12. The lowest BCUT2D eigenvalue weighted by atomic mass is 9.45. The van der Waals surface area contributed by atoms with Crippen molar-refractivity contribution in [2.45, 2.75) is 91.6 Å². The second-order valence-corrected chi connectivity index (χ2v) is 10.9. The molecule has 6 atom stereocenters. The molecule has 0 aromatic heterocycles. The smallest absolute Gasteiger partial charge is 0.306 e. The molecule has 0 spiro atoms. The monoisotopic (exact) mass is 446 g/mol. The third-order valence-corrected chi connectivity index (χ3v) is 9.02. The van der Waals surface area contributed by atoms with E-state index >= 15 is 0 Å². The van der Waals surface area contributed by atoms with E-state index in [0.717, 1.165) is 32.1 Å². The van der Waals surface area contributed by atoms with Crippen molar-refractivity contribution < 1.29 is 24.2 Å². The van der Waals surface area contributed by atoms with Crippen molar-refractivity contribution in [2.24, 2.45) is 28.6 Å². The van der Waals surface area contributed by atoms with Crippen molar-refractivity contribution >= 4 is 11.9 Å². The number of rotatable bonds is 8. The summed E-state index contributed by atoms with van der Waals surface area (Å²) >= 11 is 0. The Balaban J connectivity index is 1.77. The second kappa shape index (κ2) is 10.1. The Morgan fingerprint density at radius 2 is 2.09 bits per heavy atom. The van der Waals surface area contributed by atoms with E-state index in [-0.39, 0.29) is 41.4 Å². The summed E-state index contributed by atoms with van der Waals surface area (Å²) in [6.45, 7) is 13.3. The molecule has 2 aliphatic carbocycles. The van der Waals surface area contributed by atoms with Crippen LogP contribution >= 0.6 is 0 Å². The molecule has 0 bridgehead atoms. The summed E-state index contributed by atoms with van der Waals surface area (Å²) in [6, 6.07) is 0. The molecule has 180 valence electrons. The fourth-order valence-electron chi connectivity index (χ4n) is 6.69. The van der Waals surface area contributed by atoms with Crippen LogP contribution in [-0.2, 0) is 19.1 Å². The summed E-state index contributed by atoms with van der Waals surface area (Å²) in [5.74, 6) is 0.432. The van der Waals surface area contributed by atoms with Gasteiger partial charge in [-0.25, -0.2) is 0 Å². The maximum Gasteiger partial charge on any atom is 0.306 e. The van der Waals surface area contributed by atoms with Crippen LogP contribution in [0.3, 0.4) is 0 Å². The lowest BCUT2D eigenvalue weighted by molar-refractivity contribution is -0.157. The standard InChI is InChI=1S/C27H42O5/c1-18(9-10-23-22(16-28)15-25(30)32-23)11-14-27(17-31-21(4)29)20(3)12-13-26(5)19(2)7-6-8-24(26)27/h9,20,22-24,28H,2,6-8,10-17H2,1,3-5H3/b18-9+/t20-,22?,23+,24+,26+,27-/m0/s1. The van der Waals surface area contributed by atoms with Gasteiger partial charge in [0.25, 0.3) is 0 Å². The molecular weight excluding hydrogens is 404 g/mol. The highest BCUT2D eigenvalue weighted by Gasteiger charge is 2.56. The molecule has 32 heavy (non-hydrogen) atoms. The quantitative estimate of drug-likeness (QED) is 0.401. The van der Waals surface area contributed by atoms with Crippen LogP contribution in [0.15, 0.2) is 23.8 Å². The lowest BCUT2D eigenvalue weighted by Gasteiger charge is -2.59. The van der Waals surface area contributed by atoms with Crippen molar-refractivity contribution in [3.63, 3.8) is 0 Å². The highest BCUT2D eigenvalue weighted by atomic mass is 16.6. The zero-order valence-corrected chi connectivity index (χ0v) is 20.5. The number of aliphatic hydroxyl groups excluding tert-OH is 1. The summed E-state index contributed by atoms with van der Waals surface area (Å²) in [6.07, 6.45) is 10.5. The van der Waals surface area contributed by atoms with Crippen LogP contribution in [0.2, 0.25) is 0 Å². The predicted molar refractivity (Wildman–Crippen MR) is 125 cm³/mol. The number of allylic oxidation sites excluding steroid dienone is 2. The van der Waals surface area contributed by atoms with Crippen LogP contribution in [0.1, 0.15) is 85.5 Å². The van der Waals surface area contributed by atoms with Gasteiger partial charge in [0.05, 0.1) is 13.0 Å². The molecule has 1 saturated heterocycles. The third kappa shape index (κ3) is 4.98. The Bertz CT molecular complexity index is 755. The Labute approximate surface area is 193 Å². The van der Waals surface area contributed by atoms with E-state index in [0.29, 0.717) is 31.3 Å². The first-order chi connectivity index (χ1) is 15.1. The van der Waals surface area contributed by atoms with Crippen LogP contribution in [0, 0.1) is 28.6 Å². The summed E-state index contributed by atoms with van der Waals surface area (Å²) < 4.78 is 11.1. The van der Waals surface area contributed by atoms with E-state index in [1.165, 1.54) is 30.9 Å². The van der Waals surface area contributed by atoms with Crippen molar-refractivity contribution in [1.82, 2.24) is 0 Å². The highest BCUT2D eigenvalue weighted by Crippen LogP contribution is 2.63. The summed E-state index contributed by atoms with van der Waals surface area (Å²) in [5.41, 5.74) is 2.71. The Morgan fingerprint density at radius 3 is 2.78 bits per heavy atom. The molecule has 0 aromatic carbocycles. The van der Waals surface area contributed by atoms with Gasteiger partial charge in [0.15, 0.2) is 0 Å². The van der Waals surface area contributed by atoms with Gasteiger partial charge in [-0.15, -0.1) is 0 Å². The maximum atomic E-state index is 11.8. The zero-order valence-electron chi connectivity index (χ0n) is 20.5. The number of hydrogen-bond donors (Lipinski definition) is 1.